The van der Waals surface area contributed by atoms with E-state index in [9.17, 15) is 0 Å². The lowest BCUT2D eigenvalue weighted by Crippen LogP contribution is -2.03. The smallest absolute Gasteiger partial charge is 0.321 e. The highest BCUT2D eigenvalue weighted by molar-refractivity contribution is 5.60. The molecule has 0 amide bonds. The summed E-state index contributed by atoms with van der Waals surface area (Å²) in [5.41, 5.74) is 1.71. The van der Waals surface area contributed by atoms with Crippen molar-refractivity contribution >= 4 is 11.6 Å². The fourth-order valence-corrected chi connectivity index (χ4v) is 2.58. The van der Waals surface area contributed by atoms with Gasteiger partial charge in [-0.05, 0) is 36.4 Å². The maximum absolute atomic E-state index is 5.81. The lowest BCUT2D eigenvalue weighted by atomic mass is 10.2. The molecule has 0 spiro atoms. The summed E-state index contributed by atoms with van der Waals surface area (Å²) in [7, 11) is 1.53. The highest BCUT2D eigenvalue weighted by atomic mass is 16.5. The highest BCUT2D eigenvalue weighted by Gasteiger charge is 2.09. The van der Waals surface area contributed by atoms with Crippen LogP contribution in [0, 0.1) is 0 Å². The van der Waals surface area contributed by atoms with Crippen LogP contribution in [0.1, 0.15) is 0 Å². The van der Waals surface area contributed by atoms with Crippen LogP contribution in [-0.4, -0.2) is 22.1 Å². The first-order chi connectivity index (χ1) is 13.8. The minimum atomic E-state index is 0.250. The van der Waals surface area contributed by atoms with Crippen LogP contribution in [-0.2, 0) is 0 Å². The van der Waals surface area contributed by atoms with Crippen molar-refractivity contribution in [1.82, 2.24) is 15.0 Å². The van der Waals surface area contributed by atoms with Gasteiger partial charge in [0, 0.05) is 11.3 Å². The van der Waals surface area contributed by atoms with E-state index < -0.39 is 0 Å². The molecule has 0 saturated heterocycles. The average molecular weight is 370 g/mol. The first-order valence-corrected chi connectivity index (χ1v) is 8.75. The minimum absolute atomic E-state index is 0.250. The first-order valence-electron chi connectivity index (χ1n) is 8.75. The van der Waals surface area contributed by atoms with E-state index in [1.807, 2.05) is 84.9 Å². The summed E-state index contributed by atoms with van der Waals surface area (Å²) in [6.45, 7) is 0. The quantitative estimate of drug-likeness (QED) is 0.510. The number of rotatable bonds is 6. The van der Waals surface area contributed by atoms with Crippen LogP contribution in [0.3, 0.4) is 0 Å². The van der Waals surface area contributed by atoms with Gasteiger partial charge >= 0.3 is 6.01 Å². The van der Waals surface area contributed by atoms with E-state index in [1.54, 1.807) is 0 Å². The standard InChI is InChI=1S/C22H18N4O2/c1-27-22-25-20(16-8-4-2-5-9-16)24-21(26-22)23-17-12-14-19(15-13-17)28-18-10-6-3-7-11-18/h2-15H,1H3,(H,23,24,25,26). The van der Waals surface area contributed by atoms with E-state index in [-0.39, 0.29) is 6.01 Å². The molecule has 0 bridgehead atoms. The van der Waals surface area contributed by atoms with Gasteiger partial charge in [-0.15, -0.1) is 0 Å². The third kappa shape index (κ3) is 4.24. The number of para-hydroxylation sites is 1. The fraction of sp³-hybridized carbons (Fsp3) is 0.0455. The topological polar surface area (TPSA) is 69.2 Å². The van der Waals surface area contributed by atoms with E-state index in [0.29, 0.717) is 11.8 Å². The zero-order valence-corrected chi connectivity index (χ0v) is 15.2. The molecule has 6 heteroatoms. The van der Waals surface area contributed by atoms with Gasteiger partial charge in [0.15, 0.2) is 5.82 Å². The number of nitrogens with one attached hydrogen (secondary N) is 1. The summed E-state index contributed by atoms with van der Waals surface area (Å²) in [5, 5.41) is 3.18. The Morgan fingerprint density at radius 3 is 2.00 bits per heavy atom. The average Bonchev–Trinajstić information content (AvgIpc) is 2.76. The Morgan fingerprint density at radius 2 is 1.32 bits per heavy atom. The second-order valence-corrected chi connectivity index (χ2v) is 5.90. The SMILES string of the molecule is COc1nc(Nc2ccc(Oc3ccccc3)cc2)nc(-c2ccccc2)n1. The van der Waals surface area contributed by atoms with Gasteiger partial charge in [0.25, 0.3) is 0 Å². The zero-order chi connectivity index (χ0) is 19.2. The predicted octanol–water partition coefficient (Wildman–Crippen LogP) is 5.08. The number of anilines is 2. The molecule has 4 rings (SSSR count). The molecule has 0 saturated carbocycles. The van der Waals surface area contributed by atoms with E-state index in [4.69, 9.17) is 9.47 Å². The van der Waals surface area contributed by atoms with Gasteiger partial charge in [-0.2, -0.15) is 15.0 Å². The molecule has 0 aliphatic heterocycles. The Labute approximate surface area is 162 Å². The molecule has 0 unspecified atom stereocenters. The van der Waals surface area contributed by atoms with Crippen LogP contribution >= 0.6 is 0 Å². The maximum Gasteiger partial charge on any atom is 0.321 e. The Bertz CT molecular complexity index is 1040. The number of aromatic nitrogens is 3. The third-order valence-electron chi connectivity index (χ3n) is 3.92. The Kier molecular flexibility index (Phi) is 5.11. The van der Waals surface area contributed by atoms with Crippen molar-refractivity contribution in [2.45, 2.75) is 0 Å². The largest absolute Gasteiger partial charge is 0.467 e. The molecular formula is C22H18N4O2. The third-order valence-corrected chi connectivity index (χ3v) is 3.92. The van der Waals surface area contributed by atoms with Crippen LogP contribution in [0.4, 0.5) is 11.6 Å². The number of methoxy groups -OCH3 is 1. The van der Waals surface area contributed by atoms with Crippen molar-refractivity contribution in [1.29, 1.82) is 0 Å². The Hall–Kier alpha value is -3.93. The molecule has 138 valence electrons. The first kappa shape index (κ1) is 17.5. The molecule has 0 atom stereocenters. The summed E-state index contributed by atoms with van der Waals surface area (Å²) < 4.78 is 11.0. The molecule has 1 heterocycles. The van der Waals surface area contributed by atoms with E-state index in [1.165, 1.54) is 7.11 Å². The van der Waals surface area contributed by atoms with Crippen molar-refractivity contribution in [2.24, 2.45) is 0 Å². The number of nitrogens with zero attached hydrogens (tertiary/aromatic N) is 3. The molecular weight excluding hydrogens is 352 g/mol. The van der Waals surface area contributed by atoms with Gasteiger partial charge < -0.3 is 14.8 Å². The lowest BCUT2D eigenvalue weighted by molar-refractivity contribution is 0.379. The van der Waals surface area contributed by atoms with Crippen LogP contribution in [0.2, 0.25) is 0 Å². The highest BCUT2D eigenvalue weighted by Crippen LogP contribution is 2.25. The van der Waals surface area contributed by atoms with E-state index in [2.05, 4.69) is 20.3 Å². The number of hydrogen-bond acceptors (Lipinski definition) is 6. The summed E-state index contributed by atoms with van der Waals surface area (Å²) in [4.78, 5) is 13.1. The molecule has 0 aliphatic carbocycles. The normalized spacial score (nSPS) is 10.3. The molecule has 4 aromatic rings. The Morgan fingerprint density at radius 1 is 0.679 bits per heavy atom. The van der Waals surface area contributed by atoms with Gasteiger partial charge in [0.05, 0.1) is 7.11 Å². The van der Waals surface area contributed by atoms with Crippen LogP contribution in [0.15, 0.2) is 84.9 Å². The van der Waals surface area contributed by atoms with E-state index in [0.717, 1.165) is 22.7 Å². The molecule has 1 N–H and O–H groups in total. The molecule has 1 aromatic heterocycles. The molecule has 3 aromatic carbocycles. The van der Waals surface area contributed by atoms with Gasteiger partial charge in [-0.1, -0.05) is 48.5 Å². The van der Waals surface area contributed by atoms with Crippen molar-refractivity contribution in [2.75, 3.05) is 12.4 Å². The summed E-state index contributed by atoms with van der Waals surface area (Å²) >= 11 is 0. The van der Waals surface area contributed by atoms with E-state index >= 15 is 0 Å². The second-order valence-electron chi connectivity index (χ2n) is 5.90. The number of ether oxygens (including phenoxy) is 2. The maximum atomic E-state index is 5.81. The van der Waals surface area contributed by atoms with Crippen molar-refractivity contribution in [3.05, 3.63) is 84.9 Å². The Balaban J connectivity index is 1.53. The van der Waals surface area contributed by atoms with Crippen molar-refractivity contribution in [3.63, 3.8) is 0 Å². The number of hydrogen-bond donors (Lipinski definition) is 1. The fourth-order valence-electron chi connectivity index (χ4n) is 2.58. The van der Waals surface area contributed by atoms with Gasteiger partial charge in [0.1, 0.15) is 11.5 Å². The van der Waals surface area contributed by atoms with Crippen molar-refractivity contribution in [3.8, 4) is 28.9 Å². The molecule has 0 aliphatic rings. The van der Waals surface area contributed by atoms with Crippen molar-refractivity contribution < 1.29 is 9.47 Å². The minimum Gasteiger partial charge on any atom is -0.467 e. The summed E-state index contributed by atoms with van der Waals surface area (Å²) in [5.74, 6) is 2.48. The van der Waals surface area contributed by atoms with Gasteiger partial charge in [-0.25, -0.2) is 0 Å². The second kappa shape index (κ2) is 8.18. The summed E-state index contributed by atoms with van der Waals surface area (Å²) in [6.07, 6.45) is 0. The number of benzene rings is 3. The van der Waals surface area contributed by atoms with Crippen LogP contribution < -0.4 is 14.8 Å². The predicted molar refractivity (Wildman–Crippen MR) is 108 cm³/mol. The van der Waals surface area contributed by atoms with Gasteiger partial charge in [0.2, 0.25) is 5.95 Å². The molecule has 0 fully saturated rings. The van der Waals surface area contributed by atoms with Crippen LogP contribution in [0.5, 0.6) is 17.5 Å². The zero-order valence-electron chi connectivity index (χ0n) is 15.2. The monoisotopic (exact) mass is 370 g/mol. The van der Waals surface area contributed by atoms with Crippen LogP contribution in [0.25, 0.3) is 11.4 Å². The molecule has 6 nitrogen and oxygen atoms in total. The summed E-state index contributed by atoms with van der Waals surface area (Å²) in [6, 6.07) is 27.1. The molecule has 0 radical (unpaired) electrons. The lowest BCUT2D eigenvalue weighted by Gasteiger charge is -2.09. The van der Waals surface area contributed by atoms with Gasteiger partial charge in [-0.3, -0.25) is 0 Å². The molecule has 28 heavy (non-hydrogen) atoms.